The van der Waals surface area contributed by atoms with Gasteiger partial charge in [0.2, 0.25) is 0 Å². The molecule has 98 valence electrons. The fourth-order valence-electron chi connectivity index (χ4n) is 2.51. The van der Waals surface area contributed by atoms with E-state index in [1.165, 1.54) is 29.5 Å². The summed E-state index contributed by atoms with van der Waals surface area (Å²) in [6, 6.07) is 6.21. The van der Waals surface area contributed by atoms with Crippen LogP contribution in [0.25, 0.3) is 5.57 Å². The van der Waals surface area contributed by atoms with E-state index in [2.05, 4.69) is 45.6 Å². The van der Waals surface area contributed by atoms with E-state index in [-0.39, 0.29) is 0 Å². The van der Waals surface area contributed by atoms with Gasteiger partial charge >= 0.3 is 0 Å². The van der Waals surface area contributed by atoms with E-state index in [4.69, 9.17) is 5.73 Å². The molecule has 0 aliphatic rings. The molecule has 1 aromatic rings. The van der Waals surface area contributed by atoms with Gasteiger partial charge in [0.25, 0.3) is 0 Å². The van der Waals surface area contributed by atoms with Gasteiger partial charge < -0.3 is 5.73 Å². The fraction of sp³-hybridized carbons (Fsp3) is 0.412. The summed E-state index contributed by atoms with van der Waals surface area (Å²) in [5.41, 5.74) is 10.7. The molecule has 0 amide bonds. The highest BCUT2D eigenvalue weighted by Gasteiger charge is 2.12. The van der Waals surface area contributed by atoms with Gasteiger partial charge in [0.05, 0.1) is 0 Å². The highest BCUT2D eigenvalue weighted by atomic mass is 14.5. The molecule has 0 aromatic heterocycles. The summed E-state index contributed by atoms with van der Waals surface area (Å²) in [5, 5.41) is 0. The number of benzene rings is 1. The molecule has 0 fully saturated rings. The van der Waals surface area contributed by atoms with Crippen LogP contribution >= 0.6 is 0 Å². The summed E-state index contributed by atoms with van der Waals surface area (Å²) in [7, 11) is 0. The minimum atomic E-state index is 0.590. The van der Waals surface area contributed by atoms with Gasteiger partial charge in [-0.15, -0.1) is 6.58 Å². The molecule has 1 atom stereocenters. The van der Waals surface area contributed by atoms with Crippen LogP contribution in [0.4, 0.5) is 5.69 Å². The summed E-state index contributed by atoms with van der Waals surface area (Å²) >= 11 is 0. The van der Waals surface area contributed by atoms with Crippen LogP contribution in [-0.2, 0) is 6.42 Å². The van der Waals surface area contributed by atoms with E-state index in [0.29, 0.717) is 5.92 Å². The number of nitrogens with two attached hydrogens (primary N) is 1. The maximum atomic E-state index is 5.88. The largest absolute Gasteiger partial charge is 0.399 e. The van der Waals surface area contributed by atoms with Gasteiger partial charge in [-0.1, -0.05) is 38.5 Å². The van der Waals surface area contributed by atoms with Gasteiger partial charge in [-0.25, -0.2) is 0 Å². The summed E-state index contributed by atoms with van der Waals surface area (Å²) in [4.78, 5) is 0. The summed E-state index contributed by atoms with van der Waals surface area (Å²) < 4.78 is 0. The molecular weight excluding hydrogens is 218 g/mol. The van der Waals surface area contributed by atoms with Crippen LogP contribution in [0.5, 0.6) is 0 Å². The van der Waals surface area contributed by atoms with E-state index < -0.39 is 0 Å². The van der Waals surface area contributed by atoms with E-state index in [1.807, 2.05) is 12.1 Å². The molecule has 0 heterocycles. The minimum Gasteiger partial charge on any atom is -0.399 e. The Labute approximate surface area is 111 Å². The summed E-state index contributed by atoms with van der Waals surface area (Å²) in [6.45, 7) is 10.5. The van der Waals surface area contributed by atoms with Gasteiger partial charge in [0.1, 0.15) is 0 Å². The van der Waals surface area contributed by atoms with Crippen molar-refractivity contribution >= 4 is 11.3 Å². The van der Waals surface area contributed by atoms with E-state index in [1.54, 1.807) is 0 Å². The lowest BCUT2D eigenvalue weighted by atomic mass is 9.87. The van der Waals surface area contributed by atoms with Crippen molar-refractivity contribution in [3.05, 3.63) is 48.1 Å². The second kappa shape index (κ2) is 7.05. The van der Waals surface area contributed by atoms with Gasteiger partial charge in [-0.3, -0.25) is 0 Å². The van der Waals surface area contributed by atoms with Crippen molar-refractivity contribution in [2.75, 3.05) is 5.73 Å². The first-order valence-electron chi connectivity index (χ1n) is 6.79. The molecule has 1 unspecified atom stereocenters. The van der Waals surface area contributed by atoms with Crippen molar-refractivity contribution in [3.63, 3.8) is 0 Å². The van der Waals surface area contributed by atoms with Crippen LogP contribution in [0.3, 0.4) is 0 Å². The molecule has 0 spiro atoms. The number of allylic oxidation sites excluding steroid dienone is 3. The second-order valence-electron chi connectivity index (χ2n) is 4.84. The number of anilines is 1. The van der Waals surface area contributed by atoms with Crippen LogP contribution in [0.15, 0.2) is 36.9 Å². The minimum absolute atomic E-state index is 0.590. The SMILES string of the molecule is C=CCc1cc(N)ccc1/C(=C\C)C(C)CCC. The molecule has 1 nitrogen and oxygen atoms in total. The Morgan fingerprint density at radius 2 is 2.17 bits per heavy atom. The Morgan fingerprint density at radius 1 is 1.44 bits per heavy atom. The number of rotatable bonds is 6. The smallest absolute Gasteiger partial charge is 0.0317 e. The summed E-state index contributed by atoms with van der Waals surface area (Å²) in [6.07, 6.45) is 7.48. The normalized spacial score (nSPS) is 13.4. The summed E-state index contributed by atoms with van der Waals surface area (Å²) in [5.74, 6) is 0.590. The molecular formula is C17H25N. The van der Waals surface area contributed by atoms with Crippen LogP contribution in [0, 0.1) is 5.92 Å². The average Bonchev–Trinajstić information content (AvgIpc) is 2.33. The number of nitrogen functional groups attached to an aromatic ring is 1. The molecule has 0 saturated carbocycles. The Balaban J connectivity index is 3.16. The zero-order chi connectivity index (χ0) is 13.5. The Bertz CT molecular complexity index is 429. The van der Waals surface area contributed by atoms with Crippen molar-refractivity contribution in [1.29, 1.82) is 0 Å². The molecule has 1 aromatic carbocycles. The van der Waals surface area contributed by atoms with Crippen molar-refractivity contribution in [2.24, 2.45) is 5.92 Å². The maximum Gasteiger partial charge on any atom is 0.0317 e. The molecule has 0 aliphatic carbocycles. The third-order valence-corrected chi connectivity index (χ3v) is 3.37. The van der Waals surface area contributed by atoms with Crippen molar-refractivity contribution in [1.82, 2.24) is 0 Å². The van der Waals surface area contributed by atoms with Crippen molar-refractivity contribution in [2.45, 2.75) is 40.0 Å². The lowest BCUT2D eigenvalue weighted by Gasteiger charge is -2.19. The van der Waals surface area contributed by atoms with Gasteiger partial charge in [-0.05, 0) is 54.5 Å². The third kappa shape index (κ3) is 3.49. The molecule has 0 radical (unpaired) electrons. The van der Waals surface area contributed by atoms with Crippen LogP contribution in [0.1, 0.15) is 44.7 Å². The van der Waals surface area contributed by atoms with E-state index in [0.717, 1.165) is 12.1 Å². The number of hydrogen-bond acceptors (Lipinski definition) is 1. The quantitative estimate of drug-likeness (QED) is 0.561. The molecule has 0 saturated heterocycles. The first-order valence-corrected chi connectivity index (χ1v) is 6.79. The van der Waals surface area contributed by atoms with Gasteiger partial charge in [0.15, 0.2) is 0 Å². The Kier molecular flexibility index (Phi) is 5.70. The molecule has 18 heavy (non-hydrogen) atoms. The predicted molar refractivity (Wildman–Crippen MR) is 82.5 cm³/mol. The zero-order valence-electron chi connectivity index (χ0n) is 11.9. The maximum absolute atomic E-state index is 5.88. The van der Waals surface area contributed by atoms with Crippen LogP contribution < -0.4 is 5.73 Å². The first-order chi connectivity index (χ1) is 8.63. The zero-order valence-corrected chi connectivity index (χ0v) is 11.9. The molecule has 0 aliphatic heterocycles. The molecule has 2 N–H and O–H groups in total. The van der Waals surface area contributed by atoms with Gasteiger partial charge in [0, 0.05) is 5.69 Å². The number of hydrogen-bond donors (Lipinski definition) is 1. The second-order valence-corrected chi connectivity index (χ2v) is 4.84. The fourth-order valence-corrected chi connectivity index (χ4v) is 2.51. The molecule has 1 rings (SSSR count). The molecule has 0 bridgehead atoms. The third-order valence-electron chi connectivity index (χ3n) is 3.37. The van der Waals surface area contributed by atoms with E-state index in [9.17, 15) is 0 Å². The highest BCUT2D eigenvalue weighted by Crippen LogP contribution is 2.30. The monoisotopic (exact) mass is 243 g/mol. The lowest BCUT2D eigenvalue weighted by molar-refractivity contribution is 0.649. The highest BCUT2D eigenvalue weighted by molar-refractivity contribution is 5.71. The van der Waals surface area contributed by atoms with Crippen LogP contribution in [0.2, 0.25) is 0 Å². The Morgan fingerprint density at radius 3 is 2.72 bits per heavy atom. The topological polar surface area (TPSA) is 26.0 Å². The van der Waals surface area contributed by atoms with Crippen molar-refractivity contribution < 1.29 is 0 Å². The lowest BCUT2D eigenvalue weighted by Crippen LogP contribution is -2.02. The molecule has 1 heteroatoms. The predicted octanol–water partition coefficient (Wildman–Crippen LogP) is 4.84. The Hall–Kier alpha value is -1.50. The van der Waals surface area contributed by atoms with Crippen LogP contribution in [-0.4, -0.2) is 0 Å². The van der Waals surface area contributed by atoms with Crippen molar-refractivity contribution in [3.8, 4) is 0 Å². The van der Waals surface area contributed by atoms with E-state index >= 15 is 0 Å². The first kappa shape index (κ1) is 14.6. The standard InChI is InChI=1S/C17H25N/c1-5-8-13(4)16(7-3)17-11-10-15(18)12-14(17)9-6-2/h6-7,10-13H,2,5,8-9,18H2,1,3-4H3/b16-7-. The van der Waals surface area contributed by atoms with Gasteiger partial charge in [-0.2, -0.15) is 0 Å². The average molecular weight is 243 g/mol.